The van der Waals surface area contributed by atoms with Crippen LogP contribution in [0.1, 0.15) is 21.5 Å². The van der Waals surface area contributed by atoms with Crippen molar-refractivity contribution >= 4 is 35.2 Å². The third-order valence-electron chi connectivity index (χ3n) is 7.22. The first-order valence-corrected chi connectivity index (χ1v) is 12.9. The maximum Gasteiger partial charge on any atom is 0.407 e. The van der Waals surface area contributed by atoms with Gasteiger partial charge in [0.05, 0.1) is 25.4 Å². The molecule has 2 unspecified atom stereocenters. The number of nitrogens with zero attached hydrogens (tertiary/aromatic N) is 3. The number of rotatable bonds is 5. The van der Waals surface area contributed by atoms with Crippen LogP contribution >= 0.6 is 0 Å². The van der Waals surface area contributed by atoms with E-state index in [2.05, 4.69) is 5.32 Å². The molecule has 3 aliphatic rings. The van der Waals surface area contributed by atoms with Crippen LogP contribution in [-0.4, -0.2) is 102 Å². The average Bonchev–Trinajstić information content (AvgIpc) is 2.97. The van der Waals surface area contributed by atoms with Crippen LogP contribution in [0.25, 0.3) is 0 Å². The molecule has 2 aromatic rings. The Labute approximate surface area is 228 Å². The standard InChI is InChI=1S/C27H29FN4O8/c28-21-4-3-19(14-20(21)25(35)30-7-10-39-11-8-30)32-9-12-40-23(26(32)36)22(33)24(34)29-18-2-1-17-15-31(27(37)38)6-5-16(17)13-18/h1-4,13-14,22-23,33H,5-12,15H2,(H,29,34)(H,37,38). The van der Waals surface area contributed by atoms with Gasteiger partial charge < -0.3 is 39.7 Å². The topological polar surface area (TPSA) is 149 Å². The van der Waals surface area contributed by atoms with Crippen LogP contribution in [0.2, 0.25) is 0 Å². The fourth-order valence-corrected chi connectivity index (χ4v) is 5.02. The average molecular weight is 557 g/mol. The van der Waals surface area contributed by atoms with Gasteiger partial charge >= 0.3 is 6.09 Å². The van der Waals surface area contributed by atoms with Crippen LogP contribution in [0.15, 0.2) is 36.4 Å². The van der Waals surface area contributed by atoms with Gasteiger partial charge in [-0.15, -0.1) is 0 Å². The Hall–Kier alpha value is -4.07. The molecule has 2 atom stereocenters. The largest absolute Gasteiger partial charge is 0.465 e. The van der Waals surface area contributed by atoms with Gasteiger partial charge in [-0.3, -0.25) is 14.4 Å². The van der Waals surface area contributed by atoms with E-state index in [9.17, 15) is 33.8 Å². The van der Waals surface area contributed by atoms with Crippen molar-refractivity contribution < 1.29 is 43.3 Å². The van der Waals surface area contributed by atoms with E-state index in [1.165, 1.54) is 26.8 Å². The number of aliphatic hydroxyl groups is 1. The molecule has 3 N–H and O–H groups in total. The normalized spacial score (nSPS) is 20.1. The van der Waals surface area contributed by atoms with Gasteiger partial charge in [0, 0.05) is 44.1 Å². The number of aliphatic hydroxyl groups excluding tert-OH is 1. The zero-order chi connectivity index (χ0) is 28.4. The number of fused-ring (bicyclic) bond motifs is 1. The van der Waals surface area contributed by atoms with Crippen molar-refractivity contribution in [2.45, 2.75) is 25.2 Å². The number of carboxylic acid groups (broad SMARTS) is 1. The van der Waals surface area contributed by atoms with Gasteiger partial charge in [0.25, 0.3) is 17.7 Å². The number of hydrogen-bond acceptors (Lipinski definition) is 7. The first-order valence-electron chi connectivity index (χ1n) is 12.9. The Balaban J connectivity index is 1.27. The Morgan fingerprint density at radius 3 is 2.50 bits per heavy atom. The lowest BCUT2D eigenvalue weighted by atomic mass is 9.99. The molecule has 0 radical (unpaired) electrons. The maximum atomic E-state index is 14.6. The molecule has 0 aromatic heterocycles. The number of morpholine rings is 2. The van der Waals surface area contributed by atoms with Crippen molar-refractivity contribution in [3.8, 4) is 0 Å². The fourth-order valence-electron chi connectivity index (χ4n) is 5.02. The Morgan fingerprint density at radius 1 is 0.975 bits per heavy atom. The monoisotopic (exact) mass is 556 g/mol. The molecule has 0 bridgehead atoms. The zero-order valence-electron chi connectivity index (χ0n) is 21.5. The summed E-state index contributed by atoms with van der Waals surface area (Å²) in [6, 6.07) is 8.77. The summed E-state index contributed by atoms with van der Waals surface area (Å²) in [5.74, 6) is -2.80. The van der Waals surface area contributed by atoms with E-state index < -0.39 is 41.8 Å². The summed E-state index contributed by atoms with van der Waals surface area (Å²) < 4.78 is 25.3. The summed E-state index contributed by atoms with van der Waals surface area (Å²) in [6.07, 6.45) is -3.89. The molecule has 0 spiro atoms. The van der Waals surface area contributed by atoms with E-state index in [1.54, 1.807) is 18.2 Å². The predicted molar refractivity (Wildman–Crippen MR) is 138 cm³/mol. The molecular formula is C27H29FN4O8. The minimum Gasteiger partial charge on any atom is -0.465 e. The highest BCUT2D eigenvalue weighted by Crippen LogP contribution is 2.26. The Kier molecular flexibility index (Phi) is 7.96. The predicted octanol–water partition coefficient (Wildman–Crippen LogP) is 1.07. The van der Waals surface area contributed by atoms with Gasteiger partial charge in [0.2, 0.25) is 0 Å². The van der Waals surface area contributed by atoms with Gasteiger partial charge in [-0.1, -0.05) is 6.07 Å². The highest BCUT2D eigenvalue weighted by Gasteiger charge is 2.40. The number of carbonyl (C=O) groups excluding carboxylic acids is 3. The summed E-state index contributed by atoms with van der Waals surface area (Å²) in [7, 11) is 0. The van der Waals surface area contributed by atoms with Crippen molar-refractivity contribution in [2.24, 2.45) is 0 Å². The minimum atomic E-state index is -1.84. The molecule has 2 aromatic carbocycles. The quantitative estimate of drug-likeness (QED) is 0.495. The molecule has 3 heterocycles. The third-order valence-corrected chi connectivity index (χ3v) is 7.22. The zero-order valence-corrected chi connectivity index (χ0v) is 21.5. The molecule has 212 valence electrons. The molecular weight excluding hydrogens is 527 g/mol. The molecule has 0 saturated carbocycles. The van der Waals surface area contributed by atoms with Crippen LogP contribution < -0.4 is 10.2 Å². The summed E-state index contributed by atoms with van der Waals surface area (Å²) in [5, 5.41) is 22.5. The first kappa shape index (κ1) is 27.5. The van der Waals surface area contributed by atoms with Crippen LogP contribution in [0.3, 0.4) is 0 Å². The smallest absolute Gasteiger partial charge is 0.407 e. The van der Waals surface area contributed by atoms with E-state index in [1.807, 2.05) is 0 Å². The molecule has 2 saturated heterocycles. The molecule has 4 amide bonds. The van der Waals surface area contributed by atoms with Gasteiger partial charge in [0.15, 0.2) is 12.2 Å². The molecule has 0 aliphatic carbocycles. The van der Waals surface area contributed by atoms with Crippen molar-refractivity contribution in [1.29, 1.82) is 0 Å². The number of nitrogens with one attached hydrogen (secondary N) is 1. The SMILES string of the molecule is O=C(Nc1ccc2c(c1)CCN(C(=O)O)C2)C(O)C1OCCN(c2ccc(F)c(C(=O)N3CCOCC3)c2)C1=O. The number of ether oxygens (including phenoxy) is 2. The lowest BCUT2D eigenvalue weighted by molar-refractivity contribution is -0.150. The molecule has 5 rings (SSSR count). The number of benzene rings is 2. The molecule has 2 fully saturated rings. The Bertz CT molecular complexity index is 1330. The summed E-state index contributed by atoms with van der Waals surface area (Å²) in [4.78, 5) is 54.3. The van der Waals surface area contributed by atoms with Crippen molar-refractivity contribution in [3.05, 3.63) is 58.9 Å². The second-order valence-corrected chi connectivity index (χ2v) is 9.72. The lowest BCUT2D eigenvalue weighted by Crippen LogP contribution is -2.55. The van der Waals surface area contributed by atoms with Gasteiger partial charge in [-0.2, -0.15) is 0 Å². The second-order valence-electron chi connectivity index (χ2n) is 9.72. The molecule has 40 heavy (non-hydrogen) atoms. The fraction of sp³-hybridized carbons (Fsp3) is 0.407. The van der Waals surface area contributed by atoms with Gasteiger partial charge in [-0.05, 0) is 47.9 Å². The van der Waals surface area contributed by atoms with Crippen LogP contribution in [0, 0.1) is 5.82 Å². The van der Waals surface area contributed by atoms with E-state index in [0.29, 0.717) is 45.0 Å². The van der Waals surface area contributed by atoms with E-state index in [4.69, 9.17) is 9.47 Å². The van der Waals surface area contributed by atoms with Crippen molar-refractivity contribution in [1.82, 2.24) is 9.80 Å². The van der Waals surface area contributed by atoms with Crippen LogP contribution in [-0.2, 0) is 32.0 Å². The first-order chi connectivity index (χ1) is 19.2. The second kappa shape index (κ2) is 11.6. The van der Waals surface area contributed by atoms with E-state index in [-0.39, 0.29) is 30.9 Å². The number of anilines is 2. The summed E-state index contributed by atoms with van der Waals surface area (Å²) in [6.45, 7) is 2.01. The van der Waals surface area contributed by atoms with Crippen LogP contribution in [0.5, 0.6) is 0 Å². The third kappa shape index (κ3) is 5.62. The summed E-state index contributed by atoms with van der Waals surface area (Å²) >= 11 is 0. The molecule has 13 heteroatoms. The molecule has 12 nitrogen and oxygen atoms in total. The molecule has 3 aliphatic heterocycles. The van der Waals surface area contributed by atoms with Crippen LogP contribution in [0.4, 0.5) is 20.6 Å². The van der Waals surface area contributed by atoms with E-state index >= 15 is 0 Å². The maximum absolute atomic E-state index is 14.6. The number of halogens is 1. The summed E-state index contributed by atoms with van der Waals surface area (Å²) in [5.41, 5.74) is 2.14. The minimum absolute atomic E-state index is 0.00376. The lowest BCUT2D eigenvalue weighted by Gasteiger charge is -2.34. The van der Waals surface area contributed by atoms with Crippen molar-refractivity contribution in [2.75, 3.05) is 56.2 Å². The number of amides is 4. The van der Waals surface area contributed by atoms with Gasteiger partial charge in [0.1, 0.15) is 5.82 Å². The highest BCUT2D eigenvalue weighted by atomic mass is 19.1. The number of hydrogen-bond donors (Lipinski definition) is 3. The number of carbonyl (C=O) groups is 4. The highest BCUT2D eigenvalue weighted by molar-refractivity contribution is 6.04. The Morgan fingerprint density at radius 2 is 1.75 bits per heavy atom. The van der Waals surface area contributed by atoms with Crippen molar-refractivity contribution in [3.63, 3.8) is 0 Å². The van der Waals surface area contributed by atoms with Gasteiger partial charge in [-0.25, -0.2) is 9.18 Å². The van der Waals surface area contributed by atoms with E-state index in [0.717, 1.165) is 17.2 Å².